The molecule has 1 aliphatic heterocycles. The van der Waals surface area contributed by atoms with E-state index in [0.717, 1.165) is 37.3 Å². The standard InChI is InChI=1S/C19H22N4O4/c1-24-10-11-26-17-7-6-14(12-20-17)18-21-19(27-22-18)16-5-2-8-23(16)13-15-4-3-9-25-15/h3-4,6-7,9,12,16H,2,5,8,10-11,13H2,1H3/t16-/m0/s1. The molecule has 3 aromatic heterocycles. The van der Waals surface area contributed by atoms with Crippen LogP contribution in [-0.4, -0.2) is 46.9 Å². The highest BCUT2D eigenvalue weighted by Gasteiger charge is 2.31. The number of nitrogens with zero attached hydrogens (tertiary/aromatic N) is 4. The highest BCUT2D eigenvalue weighted by atomic mass is 16.5. The monoisotopic (exact) mass is 370 g/mol. The minimum atomic E-state index is 0.112. The van der Waals surface area contributed by atoms with Gasteiger partial charge in [-0.05, 0) is 37.6 Å². The average Bonchev–Trinajstić information content (AvgIpc) is 3.45. The Hall–Kier alpha value is -2.71. The maximum Gasteiger partial charge on any atom is 0.244 e. The van der Waals surface area contributed by atoms with Crippen molar-refractivity contribution in [3.8, 4) is 17.3 Å². The summed E-state index contributed by atoms with van der Waals surface area (Å²) in [5.74, 6) is 2.65. The van der Waals surface area contributed by atoms with E-state index in [0.29, 0.717) is 30.8 Å². The summed E-state index contributed by atoms with van der Waals surface area (Å²) in [6.07, 6.45) is 5.47. The Labute approximate surface area is 157 Å². The molecule has 0 N–H and O–H groups in total. The first-order valence-electron chi connectivity index (χ1n) is 9.01. The average molecular weight is 370 g/mol. The number of rotatable bonds is 8. The Bertz CT molecular complexity index is 832. The lowest BCUT2D eigenvalue weighted by atomic mass is 10.2. The van der Waals surface area contributed by atoms with E-state index in [2.05, 4.69) is 20.0 Å². The molecule has 0 spiro atoms. The third kappa shape index (κ3) is 4.17. The number of likely N-dealkylation sites (tertiary alicyclic amines) is 1. The van der Waals surface area contributed by atoms with Gasteiger partial charge in [0.1, 0.15) is 12.4 Å². The second-order valence-electron chi connectivity index (χ2n) is 6.39. The van der Waals surface area contributed by atoms with E-state index >= 15 is 0 Å². The third-order valence-electron chi connectivity index (χ3n) is 4.56. The number of hydrogen-bond donors (Lipinski definition) is 0. The van der Waals surface area contributed by atoms with Crippen molar-refractivity contribution in [2.24, 2.45) is 0 Å². The second kappa shape index (κ2) is 8.32. The fraction of sp³-hybridized carbons (Fsp3) is 0.421. The lowest BCUT2D eigenvalue weighted by Crippen LogP contribution is -2.22. The molecule has 0 amide bonds. The molecule has 0 bridgehead atoms. The van der Waals surface area contributed by atoms with Crippen LogP contribution in [0.2, 0.25) is 0 Å². The van der Waals surface area contributed by atoms with Crippen molar-refractivity contribution in [3.63, 3.8) is 0 Å². The molecule has 8 nitrogen and oxygen atoms in total. The van der Waals surface area contributed by atoms with Gasteiger partial charge in [-0.3, -0.25) is 4.90 Å². The van der Waals surface area contributed by atoms with Crippen LogP contribution in [-0.2, 0) is 11.3 Å². The molecule has 1 fully saturated rings. The number of ether oxygens (including phenoxy) is 2. The molecule has 27 heavy (non-hydrogen) atoms. The molecule has 0 unspecified atom stereocenters. The van der Waals surface area contributed by atoms with Crippen molar-refractivity contribution >= 4 is 0 Å². The van der Waals surface area contributed by atoms with E-state index in [4.69, 9.17) is 18.4 Å². The molecule has 4 rings (SSSR count). The zero-order chi connectivity index (χ0) is 18.5. The molecule has 8 heteroatoms. The minimum Gasteiger partial charge on any atom is -0.475 e. The first kappa shape index (κ1) is 17.7. The van der Waals surface area contributed by atoms with Gasteiger partial charge in [0.2, 0.25) is 17.6 Å². The van der Waals surface area contributed by atoms with Gasteiger partial charge in [-0.15, -0.1) is 0 Å². The molecule has 1 saturated heterocycles. The van der Waals surface area contributed by atoms with Gasteiger partial charge in [0, 0.05) is 24.9 Å². The van der Waals surface area contributed by atoms with Crippen molar-refractivity contribution in [1.82, 2.24) is 20.0 Å². The number of furan rings is 1. The summed E-state index contributed by atoms with van der Waals surface area (Å²) >= 11 is 0. The minimum absolute atomic E-state index is 0.112. The lowest BCUT2D eigenvalue weighted by Gasteiger charge is -2.19. The van der Waals surface area contributed by atoms with E-state index in [9.17, 15) is 0 Å². The van der Waals surface area contributed by atoms with Crippen LogP contribution >= 0.6 is 0 Å². The van der Waals surface area contributed by atoms with Gasteiger partial charge in [0.15, 0.2) is 0 Å². The van der Waals surface area contributed by atoms with Crippen LogP contribution < -0.4 is 4.74 Å². The number of pyridine rings is 1. The molecule has 4 heterocycles. The summed E-state index contributed by atoms with van der Waals surface area (Å²) in [7, 11) is 1.63. The van der Waals surface area contributed by atoms with Gasteiger partial charge in [-0.1, -0.05) is 5.16 Å². The maximum absolute atomic E-state index is 5.55. The van der Waals surface area contributed by atoms with Gasteiger partial charge >= 0.3 is 0 Å². The molecular formula is C19H22N4O4. The highest BCUT2D eigenvalue weighted by molar-refractivity contribution is 5.53. The van der Waals surface area contributed by atoms with E-state index in [-0.39, 0.29) is 6.04 Å². The second-order valence-corrected chi connectivity index (χ2v) is 6.39. The zero-order valence-electron chi connectivity index (χ0n) is 15.2. The number of aromatic nitrogens is 3. The van der Waals surface area contributed by atoms with E-state index in [1.807, 2.05) is 18.2 Å². The van der Waals surface area contributed by atoms with Crippen molar-refractivity contribution in [3.05, 3.63) is 48.4 Å². The van der Waals surface area contributed by atoms with Crippen LogP contribution in [0, 0.1) is 0 Å². The van der Waals surface area contributed by atoms with Crippen LogP contribution in [0.25, 0.3) is 11.4 Å². The van der Waals surface area contributed by atoms with Gasteiger partial charge in [0.05, 0.1) is 25.5 Å². The molecule has 0 saturated carbocycles. The largest absolute Gasteiger partial charge is 0.475 e. The van der Waals surface area contributed by atoms with Gasteiger partial charge in [0.25, 0.3) is 0 Å². The van der Waals surface area contributed by atoms with Crippen LogP contribution in [0.15, 0.2) is 45.7 Å². The predicted octanol–water partition coefficient (Wildman–Crippen LogP) is 3.09. The Morgan fingerprint density at radius 1 is 1.26 bits per heavy atom. The molecule has 1 aliphatic rings. The molecule has 0 aliphatic carbocycles. The predicted molar refractivity (Wildman–Crippen MR) is 96.0 cm³/mol. The van der Waals surface area contributed by atoms with Crippen molar-refractivity contribution in [2.75, 3.05) is 26.9 Å². The topological polar surface area (TPSA) is 86.7 Å². The Morgan fingerprint density at radius 3 is 3.00 bits per heavy atom. The Morgan fingerprint density at radius 2 is 2.22 bits per heavy atom. The van der Waals surface area contributed by atoms with Gasteiger partial charge in [-0.2, -0.15) is 4.98 Å². The lowest BCUT2D eigenvalue weighted by molar-refractivity contribution is 0.144. The molecule has 0 aromatic carbocycles. The Balaban J connectivity index is 1.43. The van der Waals surface area contributed by atoms with Crippen molar-refractivity contribution in [2.45, 2.75) is 25.4 Å². The van der Waals surface area contributed by atoms with Crippen molar-refractivity contribution in [1.29, 1.82) is 0 Å². The molecule has 1 atom stereocenters. The first-order chi connectivity index (χ1) is 13.3. The summed E-state index contributed by atoms with van der Waals surface area (Å²) < 4.78 is 21.4. The van der Waals surface area contributed by atoms with Gasteiger partial charge < -0.3 is 18.4 Å². The fourth-order valence-electron chi connectivity index (χ4n) is 3.21. The molecular weight excluding hydrogens is 348 g/mol. The van der Waals surface area contributed by atoms with Crippen LogP contribution in [0.4, 0.5) is 0 Å². The number of methoxy groups -OCH3 is 1. The van der Waals surface area contributed by atoms with Crippen LogP contribution in [0.1, 0.15) is 30.5 Å². The molecule has 3 aromatic rings. The van der Waals surface area contributed by atoms with Gasteiger partial charge in [-0.25, -0.2) is 4.98 Å². The Kier molecular flexibility index (Phi) is 5.45. The summed E-state index contributed by atoms with van der Waals surface area (Å²) in [6.45, 7) is 2.71. The molecule has 0 radical (unpaired) electrons. The van der Waals surface area contributed by atoms with Crippen molar-refractivity contribution < 1.29 is 18.4 Å². The SMILES string of the molecule is COCCOc1ccc(-c2noc([C@@H]3CCCN3Cc3ccco3)n2)cn1. The summed E-state index contributed by atoms with van der Waals surface area (Å²) in [5.41, 5.74) is 0.791. The summed E-state index contributed by atoms with van der Waals surface area (Å²) in [4.78, 5) is 11.2. The third-order valence-corrected chi connectivity index (χ3v) is 4.56. The first-order valence-corrected chi connectivity index (χ1v) is 9.01. The number of hydrogen-bond acceptors (Lipinski definition) is 8. The smallest absolute Gasteiger partial charge is 0.244 e. The summed E-state index contributed by atoms with van der Waals surface area (Å²) in [6, 6.07) is 7.66. The van der Waals surface area contributed by atoms with E-state index in [1.165, 1.54) is 0 Å². The normalized spacial score (nSPS) is 17.4. The highest BCUT2D eigenvalue weighted by Crippen LogP contribution is 2.33. The van der Waals surface area contributed by atoms with E-state index < -0.39 is 0 Å². The van der Waals surface area contributed by atoms with Crippen LogP contribution in [0.3, 0.4) is 0 Å². The summed E-state index contributed by atoms with van der Waals surface area (Å²) in [5, 5.41) is 4.13. The molecule has 142 valence electrons. The fourth-order valence-corrected chi connectivity index (χ4v) is 3.21. The van der Waals surface area contributed by atoms with Crippen LogP contribution in [0.5, 0.6) is 5.88 Å². The van der Waals surface area contributed by atoms with E-state index in [1.54, 1.807) is 25.6 Å². The maximum atomic E-state index is 5.55. The zero-order valence-corrected chi connectivity index (χ0v) is 15.2. The quantitative estimate of drug-likeness (QED) is 0.559.